The van der Waals surface area contributed by atoms with Gasteiger partial charge in [0.15, 0.2) is 0 Å². The summed E-state index contributed by atoms with van der Waals surface area (Å²) in [6.07, 6.45) is 3.12. The van der Waals surface area contributed by atoms with Gasteiger partial charge in [-0.05, 0) is 31.2 Å². The van der Waals surface area contributed by atoms with Gasteiger partial charge in [-0.25, -0.2) is 4.79 Å². The predicted molar refractivity (Wildman–Crippen MR) is 108 cm³/mol. The van der Waals surface area contributed by atoms with Crippen LogP contribution < -0.4 is 5.56 Å². The van der Waals surface area contributed by atoms with E-state index in [4.69, 9.17) is 0 Å². The van der Waals surface area contributed by atoms with Crippen molar-refractivity contribution >= 4 is 17.8 Å². The van der Waals surface area contributed by atoms with E-state index in [-0.39, 0.29) is 29.3 Å². The van der Waals surface area contributed by atoms with Crippen LogP contribution in [-0.2, 0) is 11.8 Å². The van der Waals surface area contributed by atoms with Gasteiger partial charge < -0.3 is 14.4 Å². The summed E-state index contributed by atoms with van der Waals surface area (Å²) in [6, 6.07) is 2.71. The number of hydrogen-bond donors (Lipinski definition) is 0. The Morgan fingerprint density at radius 2 is 1.79 bits per heavy atom. The second kappa shape index (κ2) is 8.00. The minimum absolute atomic E-state index is 0.126. The lowest BCUT2D eigenvalue weighted by Crippen LogP contribution is -2.58. The molecule has 0 atom stereocenters. The number of urea groups is 1. The van der Waals surface area contributed by atoms with Gasteiger partial charge in [0.1, 0.15) is 5.54 Å². The summed E-state index contributed by atoms with van der Waals surface area (Å²) in [5.74, 6) is -0.0391. The Balaban J connectivity index is 1.80. The van der Waals surface area contributed by atoms with Crippen LogP contribution in [0.1, 0.15) is 50.4 Å². The second-order valence-corrected chi connectivity index (χ2v) is 8.43. The van der Waals surface area contributed by atoms with E-state index in [9.17, 15) is 19.2 Å². The normalized spacial score (nSPS) is 19.0. The zero-order valence-electron chi connectivity index (χ0n) is 17.7. The fourth-order valence-corrected chi connectivity index (χ4v) is 4.29. The SMILES string of the molecule is CCCN1C(=O)N(CC(C)C)C2(CCN(C(=O)c3ccc(=O)n(C)c3)CC2)C1=O. The topological polar surface area (TPSA) is 82.9 Å². The third kappa shape index (κ3) is 3.68. The lowest BCUT2D eigenvalue weighted by molar-refractivity contribution is -0.135. The first-order valence-corrected chi connectivity index (χ1v) is 10.3. The van der Waals surface area contributed by atoms with Crippen molar-refractivity contribution in [2.24, 2.45) is 13.0 Å². The van der Waals surface area contributed by atoms with E-state index in [1.807, 2.05) is 20.8 Å². The van der Waals surface area contributed by atoms with Crippen molar-refractivity contribution in [3.63, 3.8) is 0 Å². The molecule has 29 heavy (non-hydrogen) atoms. The number of rotatable bonds is 5. The van der Waals surface area contributed by atoms with Gasteiger partial charge in [0, 0.05) is 45.5 Å². The van der Waals surface area contributed by atoms with Crippen molar-refractivity contribution in [2.75, 3.05) is 26.2 Å². The minimum Gasteiger partial charge on any atom is -0.338 e. The highest BCUT2D eigenvalue weighted by Gasteiger charge is 2.57. The Labute approximate surface area is 171 Å². The van der Waals surface area contributed by atoms with Crippen molar-refractivity contribution in [2.45, 2.75) is 45.6 Å². The molecule has 2 fully saturated rings. The first-order valence-electron chi connectivity index (χ1n) is 10.3. The fourth-order valence-electron chi connectivity index (χ4n) is 4.29. The summed E-state index contributed by atoms with van der Waals surface area (Å²) >= 11 is 0. The lowest BCUT2D eigenvalue weighted by atomic mass is 9.85. The lowest BCUT2D eigenvalue weighted by Gasteiger charge is -2.42. The molecule has 0 saturated carbocycles. The first-order chi connectivity index (χ1) is 13.7. The average molecular weight is 402 g/mol. The number of nitrogens with zero attached hydrogens (tertiary/aromatic N) is 4. The highest BCUT2D eigenvalue weighted by molar-refractivity contribution is 6.07. The highest BCUT2D eigenvalue weighted by Crippen LogP contribution is 2.38. The predicted octanol–water partition coefficient (Wildman–Crippen LogP) is 1.69. The molecule has 2 aliphatic heterocycles. The molecule has 0 bridgehead atoms. The molecule has 0 N–H and O–H groups in total. The van der Waals surface area contributed by atoms with Crippen LogP contribution in [0.25, 0.3) is 0 Å². The largest absolute Gasteiger partial charge is 0.338 e. The molecule has 1 aromatic heterocycles. The third-order valence-corrected chi connectivity index (χ3v) is 5.83. The van der Waals surface area contributed by atoms with Crippen molar-refractivity contribution in [1.29, 1.82) is 0 Å². The molecular weight excluding hydrogens is 372 g/mol. The van der Waals surface area contributed by atoms with Crippen LogP contribution in [0.3, 0.4) is 0 Å². The van der Waals surface area contributed by atoms with Gasteiger partial charge in [0.05, 0.1) is 5.56 Å². The third-order valence-electron chi connectivity index (χ3n) is 5.83. The fraction of sp³-hybridized carbons (Fsp3) is 0.619. The number of aryl methyl sites for hydroxylation is 1. The van der Waals surface area contributed by atoms with Crippen LogP contribution in [0, 0.1) is 5.92 Å². The van der Waals surface area contributed by atoms with Crippen LogP contribution in [0.4, 0.5) is 4.79 Å². The van der Waals surface area contributed by atoms with Crippen LogP contribution in [0.5, 0.6) is 0 Å². The number of hydrogen-bond acceptors (Lipinski definition) is 4. The summed E-state index contributed by atoms with van der Waals surface area (Å²) in [6.45, 7) is 7.77. The Bertz CT molecular complexity index is 868. The van der Waals surface area contributed by atoms with Crippen LogP contribution in [0.15, 0.2) is 23.1 Å². The Morgan fingerprint density at radius 1 is 1.14 bits per heavy atom. The van der Waals surface area contributed by atoms with E-state index in [0.29, 0.717) is 44.6 Å². The van der Waals surface area contributed by atoms with Gasteiger partial charge >= 0.3 is 6.03 Å². The minimum atomic E-state index is -0.850. The molecule has 0 radical (unpaired) electrons. The van der Waals surface area contributed by atoms with Crippen molar-refractivity contribution < 1.29 is 14.4 Å². The average Bonchev–Trinajstić information content (AvgIpc) is 2.86. The number of piperidine rings is 1. The summed E-state index contributed by atoms with van der Waals surface area (Å²) in [5, 5.41) is 0. The van der Waals surface area contributed by atoms with Gasteiger partial charge in [-0.2, -0.15) is 0 Å². The molecular formula is C21H30N4O4. The van der Waals surface area contributed by atoms with Crippen LogP contribution in [0.2, 0.25) is 0 Å². The van der Waals surface area contributed by atoms with Crippen molar-refractivity contribution in [3.05, 3.63) is 34.2 Å². The zero-order valence-corrected chi connectivity index (χ0v) is 17.7. The van der Waals surface area contributed by atoms with E-state index in [2.05, 4.69) is 0 Å². The molecule has 8 nitrogen and oxygen atoms in total. The van der Waals surface area contributed by atoms with Gasteiger partial charge in [-0.3, -0.25) is 19.3 Å². The van der Waals surface area contributed by atoms with E-state index >= 15 is 0 Å². The smallest absolute Gasteiger partial charge is 0.327 e. The molecule has 3 rings (SSSR count). The number of carbonyl (C=O) groups excluding carboxylic acids is 3. The van der Waals surface area contributed by atoms with Gasteiger partial charge in [0.2, 0.25) is 5.56 Å². The van der Waals surface area contributed by atoms with Gasteiger partial charge in [0.25, 0.3) is 11.8 Å². The van der Waals surface area contributed by atoms with E-state index in [1.165, 1.54) is 27.8 Å². The van der Waals surface area contributed by atoms with E-state index in [1.54, 1.807) is 16.8 Å². The first kappa shape index (κ1) is 21.1. The van der Waals surface area contributed by atoms with Crippen molar-refractivity contribution in [3.8, 4) is 0 Å². The van der Waals surface area contributed by atoms with Crippen molar-refractivity contribution in [1.82, 2.24) is 19.3 Å². The monoisotopic (exact) mass is 402 g/mol. The maximum Gasteiger partial charge on any atom is 0.327 e. The zero-order chi connectivity index (χ0) is 21.3. The molecule has 3 heterocycles. The molecule has 0 aromatic carbocycles. The molecule has 8 heteroatoms. The highest BCUT2D eigenvalue weighted by atomic mass is 16.2. The number of pyridine rings is 1. The standard InChI is InChI=1S/C21H30N4O4/c1-5-10-24-19(28)21(25(20(24)29)13-15(2)3)8-11-23(12-9-21)18(27)16-6-7-17(26)22(4)14-16/h6-7,14-15H,5,8-13H2,1-4H3. The number of amides is 4. The molecule has 2 aliphatic rings. The summed E-state index contributed by atoms with van der Waals surface area (Å²) < 4.78 is 1.38. The Morgan fingerprint density at radius 3 is 2.34 bits per heavy atom. The van der Waals surface area contributed by atoms with E-state index in [0.717, 1.165) is 6.42 Å². The molecule has 0 aliphatic carbocycles. The van der Waals surface area contributed by atoms with Gasteiger partial charge in [-0.1, -0.05) is 20.8 Å². The summed E-state index contributed by atoms with van der Waals surface area (Å²) in [7, 11) is 1.61. The molecule has 4 amide bonds. The van der Waals surface area contributed by atoms with E-state index < -0.39 is 5.54 Å². The quantitative estimate of drug-likeness (QED) is 0.702. The Hall–Kier alpha value is -2.64. The molecule has 1 spiro atoms. The maximum absolute atomic E-state index is 13.2. The second-order valence-electron chi connectivity index (χ2n) is 8.43. The summed E-state index contributed by atoms with van der Waals surface area (Å²) in [5.41, 5.74) is -0.574. The Kier molecular flexibility index (Phi) is 5.82. The number of carbonyl (C=O) groups is 3. The number of aromatic nitrogens is 1. The number of likely N-dealkylation sites (tertiary alicyclic amines) is 1. The van der Waals surface area contributed by atoms with Crippen LogP contribution >= 0.6 is 0 Å². The van der Waals surface area contributed by atoms with Gasteiger partial charge in [-0.15, -0.1) is 0 Å². The molecule has 158 valence electrons. The molecule has 0 unspecified atom stereocenters. The molecule has 1 aromatic rings. The summed E-state index contributed by atoms with van der Waals surface area (Å²) in [4.78, 5) is 55.4. The van der Waals surface area contributed by atoms with Crippen LogP contribution in [-0.4, -0.2) is 68.8 Å². The molecule has 2 saturated heterocycles. The maximum atomic E-state index is 13.2. The number of imide groups is 1.